The summed E-state index contributed by atoms with van der Waals surface area (Å²) in [6.45, 7) is 4.00. The fourth-order valence-electron chi connectivity index (χ4n) is 2.92. The zero-order valence-corrected chi connectivity index (χ0v) is 12.6. The Bertz CT molecular complexity index is 835. The minimum absolute atomic E-state index is 1.02. The Kier molecular flexibility index (Phi) is 3.87. The van der Waals surface area contributed by atoms with Crippen molar-refractivity contribution in [1.29, 1.82) is 0 Å². The molecule has 0 N–H and O–H groups in total. The third-order valence-electron chi connectivity index (χ3n) is 3.86. The molecular formula is C21H20. The van der Waals surface area contributed by atoms with E-state index in [-0.39, 0.29) is 0 Å². The van der Waals surface area contributed by atoms with Crippen LogP contribution in [0.15, 0.2) is 60.7 Å². The molecule has 104 valence electrons. The van der Waals surface area contributed by atoms with E-state index < -0.39 is 0 Å². The third-order valence-corrected chi connectivity index (χ3v) is 3.86. The highest BCUT2D eigenvalue weighted by Crippen LogP contribution is 2.31. The lowest BCUT2D eigenvalue weighted by atomic mass is 9.95. The first-order chi connectivity index (χ1) is 10.4. The van der Waals surface area contributed by atoms with Crippen LogP contribution in [0.1, 0.15) is 31.4 Å². The number of benzene rings is 3. The van der Waals surface area contributed by atoms with E-state index in [2.05, 4.69) is 72.8 Å². The highest BCUT2D eigenvalue weighted by molar-refractivity contribution is 6.10. The van der Waals surface area contributed by atoms with Crippen LogP contribution in [0.25, 0.3) is 33.7 Å². The molecule has 0 spiro atoms. The molecule has 0 atom stereocenters. The van der Waals surface area contributed by atoms with Gasteiger partial charge in [0.25, 0.3) is 0 Å². The first-order valence-electron chi connectivity index (χ1n) is 7.71. The summed E-state index contributed by atoms with van der Waals surface area (Å²) in [7, 11) is 0. The van der Waals surface area contributed by atoms with Crippen LogP contribution in [-0.2, 0) is 0 Å². The molecule has 0 fully saturated rings. The smallest absolute Gasteiger partial charge is 0.00990 e. The van der Waals surface area contributed by atoms with Gasteiger partial charge < -0.3 is 0 Å². The molecule has 4 rings (SSSR count). The molecule has 3 aromatic rings. The van der Waals surface area contributed by atoms with Gasteiger partial charge in [-0.2, -0.15) is 0 Å². The zero-order chi connectivity index (χ0) is 14.7. The van der Waals surface area contributed by atoms with E-state index in [0.717, 1.165) is 6.42 Å². The molecular weight excluding hydrogens is 252 g/mol. The van der Waals surface area contributed by atoms with E-state index in [4.69, 9.17) is 0 Å². The van der Waals surface area contributed by atoms with Gasteiger partial charge in [0.15, 0.2) is 0 Å². The first-order valence-corrected chi connectivity index (χ1v) is 7.71. The summed E-state index contributed by atoms with van der Waals surface area (Å²) in [6.07, 6.45) is 9.95. The maximum atomic E-state index is 2.26. The second kappa shape index (κ2) is 5.97. The minimum Gasteiger partial charge on any atom is -0.0801 e. The van der Waals surface area contributed by atoms with Crippen molar-refractivity contribution in [1.82, 2.24) is 0 Å². The monoisotopic (exact) mass is 272 g/mol. The summed E-state index contributed by atoms with van der Waals surface area (Å²) < 4.78 is 0. The van der Waals surface area contributed by atoms with Crippen LogP contribution in [0.3, 0.4) is 0 Å². The van der Waals surface area contributed by atoms with Crippen LogP contribution >= 0.6 is 0 Å². The van der Waals surface area contributed by atoms with E-state index in [1.165, 1.54) is 32.7 Å². The standard InChI is InChI=1S/C19H14.C2H6/c1-2-6-14-10-12-19-17-9-5-4-7-15(17)11-13-18(19)16(14)8-3-1;1-2/h2-13H,1H2;1-2H3. The zero-order valence-electron chi connectivity index (χ0n) is 12.6. The molecule has 0 nitrogen and oxygen atoms in total. The van der Waals surface area contributed by atoms with Crippen LogP contribution in [0.4, 0.5) is 0 Å². The van der Waals surface area contributed by atoms with Gasteiger partial charge in [0.2, 0.25) is 0 Å². The van der Waals surface area contributed by atoms with E-state index >= 15 is 0 Å². The molecule has 0 unspecified atom stereocenters. The Hall–Kier alpha value is -2.34. The summed E-state index contributed by atoms with van der Waals surface area (Å²) in [6, 6.07) is 17.6. The molecule has 1 aliphatic carbocycles. The fraction of sp³-hybridized carbons (Fsp3) is 0.143. The topological polar surface area (TPSA) is 0 Å². The lowest BCUT2D eigenvalue weighted by Gasteiger charge is -2.09. The van der Waals surface area contributed by atoms with E-state index in [0.29, 0.717) is 0 Å². The summed E-state index contributed by atoms with van der Waals surface area (Å²) in [5, 5.41) is 5.34. The summed E-state index contributed by atoms with van der Waals surface area (Å²) in [4.78, 5) is 0. The van der Waals surface area contributed by atoms with E-state index in [1.807, 2.05) is 13.8 Å². The van der Waals surface area contributed by atoms with Gasteiger partial charge in [-0.15, -0.1) is 0 Å². The number of fused-ring (bicyclic) bond motifs is 5. The molecule has 0 amide bonds. The minimum atomic E-state index is 1.02. The molecule has 3 aromatic carbocycles. The molecule has 0 saturated heterocycles. The van der Waals surface area contributed by atoms with Crippen molar-refractivity contribution in [3.05, 3.63) is 71.8 Å². The Balaban J connectivity index is 0.000000636. The maximum absolute atomic E-state index is 2.26. The molecule has 0 radical (unpaired) electrons. The Morgan fingerprint density at radius 3 is 2.33 bits per heavy atom. The van der Waals surface area contributed by atoms with Crippen molar-refractivity contribution in [2.75, 3.05) is 0 Å². The second-order valence-electron chi connectivity index (χ2n) is 4.99. The van der Waals surface area contributed by atoms with Crippen LogP contribution in [0.2, 0.25) is 0 Å². The molecule has 0 aliphatic heterocycles. The van der Waals surface area contributed by atoms with Gasteiger partial charge in [0, 0.05) is 0 Å². The van der Waals surface area contributed by atoms with E-state index in [1.54, 1.807) is 0 Å². The number of allylic oxidation sites excluding steroid dienone is 2. The fourth-order valence-corrected chi connectivity index (χ4v) is 2.92. The van der Waals surface area contributed by atoms with Gasteiger partial charge in [-0.05, 0) is 39.1 Å². The largest absolute Gasteiger partial charge is 0.0801 e. The Morgan fingerprint density at radius 2 is 1.43 bits per heavy atom. The summed E-state index contributed by atoms with van der Waals surface area (Å²) in [5.41, 5.74) is 2.66. The average Bonchev–Trinajstić information content (AvgIpc) is 2.82. The highest BCUT2D eigenvalue weighted by atomic mass is 14.1. The first kappa shape index (κ1) is 13.6. The SMILES string of the molecule is C1=Cc2ccc3c(ccc4ccccc43)c2C=CC1.CC. The summed E-state index contributed by atoms with van der Waals surface area (Å²) in [5.74, 6) is 0. The predicted molar refractivity (Wildman–Crippen MR) is 95.5 cm³/mol. The van der Waals surface area contributed by atoms with Crippen LogP contribution in [0, 0.1) is 0 Å². The lowest BCUT2D eigenvalue weighted by molar-refractivity contribution is 1.44. The number of hydrogen-bond donors (Lipinski definition) is 0. The van der Waals surface area contributed by atoms with Crippen LogP contribution in [-0.4, -0.2) is 0 Å². The Labute approximate surface area is 126 Å². The number of rotatable bonds is 0. The van der Waals surface area contributed by atoms with Crippen molar-refractivity contribution < 1.29 is 0 Å². The quantitative estimate of drug-likeness (QED) is 0.412. The highest BCUT2D eigenvalue weighted by Gasteiger charge is 2.07. The van der Waals surface area contributed by atoms with Crippen molar-refractivity contribution >= 4 is 33.7 Å². The maximum Gasteiger partial charge on any atom is -0.00990 e. The van der Waals surface area contributed by atoms with E-state index in [9.17, 15) is 0 Å². The van der Waals surface area contributed by atoms with Gasteiger partial charge in [0.1, 0.15) is 0 Å². The average molecular weight is 272 g/mol. The van der Waals surface area contributed by atoms with Gasteiger partial charge in [-0.3, -0.25) is 0 Å². The van der Waals surface area contributed by atoms with Crippen molar-refractivity contribution in [2.45, 2.75) is 20.3 Å². The molecule has 0 saturated carbocycles. The van der Waals surface area contributed by atoms with Crippen molar-refractivity contribution in [3.8, 4) is 0 Å². The molecule has 1 aliphatic rings. The Morgan fingerprint density at radius 1 is 0.667 bits per heavy atom. The van der Waals surface area contributed by atoms with Gasteiger partial charge in [-0.1, -0.05) is 86.7 Å². The van der Waals surface area contributed by atoms with Crippen molar-refractivity contribution in [3.63, 3.8) is 0 Å². The van der Waals surface area contributed by atoms with Gasteiger partial charge in [-0.25, -0.2) is 0 Å². The molecule has 0 aromatic heterocycles. The molecule has 0 bridgehead atoms. The van der Waals surface area contributed by atoms with Gasteiger partial charge >= 0.3 is 0 Å². The second-order valence-corrected chi connectivity index (χ2v) is 4.99. The molecule has 21 heavy (non-hydrogen) atoms. The predicted octanol–water partition coefficient (Wildman–Crippen LogP) is 6.45. The normalized spacial score (nSPS) is 12.7. The van der Waals surface area contributed by atoms with Crippen LogP contribution < -0.4 is 0 Å². The van der Waals surface area contributed by atoms with Crippen molar-refractivity contribution in [2.24, 2.45) is 0 Å². The summed E-state index contributed by atoms with van der Waals surface area (Å²) >= 11 is 0. The number of hydrogen-bond acceptors (Lipinski definition) is 0. The lowest BCUT2D eigenvalue weighted by Crippen LogP contribution is -1.85. The molecule has 0 heterocycles. The molecule has 0 heteroatoms. The third kappa shape index (κ3) is 2.38. The van der Waals surface area contributed by atoms with Crippen LogP contribution in [0.5, 0.6) is 0 Å². The van der Waals surface area contributed by atoms with Gasteiger partial charge in [0.05, 0.1) is 0 Å².